The van der Waals surface area contributed by atoms with E-state index in [0.29, 0.717) is 10.9 Å². The Labute approximate surface area is 107 Å². The standard InChI is InChI=1S/C12H10N4OS/c17-11-4-5-13-12(15-11)18-8-9-7-16-6-2-1-3-10(16)14-9/h1-7H,8H2,(H,13,15,17). The maximum Gasteiger partial charge on any atom is 0.251 e. The molecule has 18 heavy (non-hydrogen) atoms. The van der Waals surface area contributed by atoms with Gasteiger partial charge in [-0.25, -0.2) is 9.97 Å². The fourth-order valence-corrected chi connectivity index (χ4v) is 2.36. The highest BCUT2D eigenvalue weighted by Gasteiger charge is 2.03. The largest absolute Gasteiger partial charge is 0.307 e. The first-order valence-electron chi connectivity index (χ1n) is 5.42. The Kier molecular flexibility index (Phi) is 2.85. The van der Waals surface area contributed by atoms with Crippen molar-refractivity contribution in [1.82, 2.24) is 19.4 Å². The molecule has 3 rings (SSSR count). The summed E-state index contributed by atoms with van der Waals surface area (Å²) in [5.74, 6) is 0.675. The fourth-order valence-electron chi connectivity index (χ4n) is 1.62. The Morgan fingerprint density at radius 2 is 2.28 bits per heavy atom. The number of thioether (sulfide) groups is 1. The van der Waals surface area contributed by atoms with E-state index in [1.807, 2.05) is 35.0 Å². The van der Waals surface area contributed by atoms with Crippen molar-refractivity contribution in [3.8, 4) is 0 Å². The maximum atomic E-state index is 11.1. The van der Waals surface area contributed by atoms with Gasteiger partial charge in [0, 0.05) is 30.4 Å². The minimum atomic E-state index is -0.137. The van der Waals surface area contributed by atoms with Crippen molar-refractivity contribution >= 4 is 17.4 Å². The van der Waals surface area contributed by atoms with Gasteiger partial charge < -0.3 is 9.38 Å². The van der Waals surface area contributed by atoms with E-state index < -0.39 is 0 Å². The summed E-state index contributed by atoms with van der Waals surface area (Å²) in [6.45, 7) is 0. The highest BCUT2D eigenvalue weighted by Crippen LogP contribution is 2.17. The second-order valence-corrected chi connectivity index (χ2v) is 4.69. The molecule has 0 spiro atoms. The third kappa shape index (κ3) is 2.28. The molecule has 0 amide bonds. The Hall–Kier alpha value is -2.08. The number of hydrogen-bond acceptors (Lipinski definition) is 4. The van der Waals surface area contributed by atoms with Crippen LogP contribution in [0, 0.1) is 0 Å². The lowest BCUT2D eigenvalue weighted by molar-refractivity contribution is 0.935. The molecule has 0 aliphatic carbocycles. The molecule has 0 saturated carbocycles. The number of aromatic amines is 1. The van der Waals surface area contributed by atoms with Crippen LogP contribution >= 0.6 is 11.8 Å². The first-order valence-corrected chi connectivity index (χ1v) is 6.40. The third-order valence-electron chi connectivity index (χ3n) is 2.42. The van der Waals surface area contributed by atoms with Gasteiger partial charge in [-0.05, 0) is 12.1 Å². The Bertz CT molecular complexity index is 701. The van der Waals surface area contributed by atoms with Crippen LogP contribution in [0.1, 0.15) is 5.69 Å². The zero-order valence-corrected chi connectivity index (χ0v) is 10.2. The topological polar surface area (TPSA) is 63.1 Å². The van der Waals surface area contributed by atoms with E-state index in [9.17, 15) is 4.79 Å². The number of hydrogen-bond donors (Lipinski definition) is 1. The SMILES string of the molecule is O=c1ccnc(SCc2cn3ccccc3n2)[nH]1. The maximum absolute atomic E-state index is 11.1. The van der Waals surface area contributed by atoms with Gasteiger partial charge in [-0.15, -0.1) is 0 Å². The van der Waals surface area contributed by atoms with Gasteiger partial charge >= 0.3 is 0 Å². The number of nitrogens with zero attached hydrogens (tertiary/aromatic N) is 3. The Morgan fingerprint density at radius 3 is 3.11 bits per heavy atom. The monoisotopic (exact) mass is 258 g/mol. The van der Waals surface area contributed by atoms with Crippen LogP contribution in [0.25, 0.3) is 5.65 Å². The molecule has 0 fully saturated rings. The highest BCUT2D eigenvalue weighted by atomic mass is 32.2. The van der Waals surface area contributed by atoms with Gasteiger partial charge in [-0.3, -0.25) is 4.79 Å². The second kappa shape index (κ2) is 4.66. The molecule has 0 aliphatic heterocycles. The van der Waals surface area contributed by atoms with E-state index in [1.54, 1.807) is 0 Å². The lowest BCUT2D eigenvalue weighted by Crippen LogP contribution is -2.05. The minimum Gasteiger partial charge on any atom is -0.307 e. The summed E-state index contributed by atoms with van der Waals surface area (Å²) in [5, 5.41) is 0.611. The summed E-state index contributed by atoms with van der Waals surface area (Å²) in [5.41, 5.74) is 1.74. The molecular formula is C12H10N4OS. The number of rotatable bonds is 3. The third-order valence-corrected chi connectivity index (χ3v) is 3.34. The summed E-state index contributed by atoms with van der Waals surface area (Å²) >= 11 is 1.46. The zero-order chi connectivity index (χ0) is 12.4. The molecule has 0 radical (unpaired) electrons. The van der Waals surface area contributed by atoms with Crippen LogP contribution in [0.2, 0.25) is 0 Å². The van der Waals surface area contributed by atoms with E-state index in [-0.39, 0.29) is 5.56 Å². The van der Waals surface area contributed by atoms with Crippen LogP contribution in [-0.2, 0) is 5.75 Å². The van der Waals surface area contributed by atoms with Gasteiger partial charge in [0.05, 0.1) is 5.69 Å². The van der Waals surface area contributed by atoms with Gasteiger partial charge in [-0.1, -0.05) is 17.8 Å². The molecule has 5 nitrogen and oxygen atoms in total. The average Bonchev–Trinajstić information content (AvgIpc) is 2.79. The summed E-state index contributed by atoms with van der Waals surface area (Å²) in [7, 11) is 0. The summed E-state index contributed by atoms with van der Waals surface area (Å²) in [6.07, 6.45) is 5.44. The fraction of sp³-hybridized carbons (Fsp3) is 0.0833. The van der Waals surface area contributed by atoms with Gasteiger partial charge in [0.15, 0.2) is 5.16 Å². The summed E-state index contributed by atoms with van der Waals surface area (Å²) in [4.78, 5) is 22.3. The van der Waals surface area contributed by atoms with Crippen molar-refractivity contribution in [3.05, 3.63) is 58.9 Å². The molecule has 0 aliphatic rings. The molecule has 1 N–H and O–H groups in total. The van der Waals surface area contributed by atoms with Gasteiger partial charge in [0.2, 0.25) is 0 Å². The Balaban J connectivity index is 1.78. The molecule has 3 aromatic heterocycles. The molecule has 0 aromatic carbocycles. The Morgan fingerprint density at radius 1 is 1.33 bits per heavy atom. The number of imidazole rings is 1. The van der Waals surface area contributed by atoms with E-state index in [1.165, 1.54) is 24.0 Å². The predicted molar refractivity (Wildman–Crippen MR) is 69.6 cm³/mol. The first-order chi connectivity index (χ1) is 8.81. The second-order valence-electron chi connectivity index (χ2n) is 3.73. The van der Waals surface area contributed by atoms with Crippen LogP contribution in [0.3, 0.4) is 0 Å². The van der Waals surface area contributed by atoms with Crippen molar-refractivity contribution < 1.29 is 0 Å². The van der Waals surface area contributed by atoms with E-state index in [4.69, 9.17) is 0 Å². The van der Waals surface area contributed by atoms with Crippen LogP contribution in [-0.4, -0.2) is 19.4 Å². The normalized spacial score (nSPS) is 10.9. The average molecular weight is 258 g/mol. The number of nitrogens with one attached hydrogen (secondary N) is 1. The molecular weight excluding hydrogens is 248 g/mol. The van der Waals surface area contributed by atoms with E-state index in [0.717, 1.165) is 11.3 Å². The van der Waals surface area contributed by atoms with Gasteiger partial charge in [0.25, 0.3) is 5.56 Å². The van der Waals surface area contributed by atoms with Crippen molar-refractivity contribution in [1.29, 1.82) is 0 Å². The number of fused-ring (bicyclic) bond motifs is 1. The molecule has 6 heteroatoms. The minimum absolute atomic E-state index is 0.137. The van der Waals surface area contributed by atoms with Gasteiger partial charge in [0.1, 0.15) is 5.65 Å². The molecule has 3 heterocycles. The quantitative estimate of drug-likeness (QED) is 0.574. The van der Waals surface area contributed by atoms with Gasteiger partial charge in [-0.2, -0.15) is 0 Å². The van der Waals surface area contributed by atoms with Crippen LogP contribution in [0.15, 0.2) is 52.8 Å². The van der Waals surface area contributed by atoms with Crippen LogP contribution in [0.5, 0.6) is 0 Å². The molecule has 0 bridgehead atoms. The molecule has 90 valence electrons. The predicted octanol–water partition coefficient (Wildman–Crippen LogP) is 1.71. The van der Waals surface area contributed by atoms with Crippen molar-refractivity contribution in [2.24, 2.45) is 0 Å². The van der Waals surface area contributed by atoms with Crippen molar-refractivity contribution in [3.63, 3.8) is 0 Å². The van der Waals surface area contributed by atoms with Crippen LogP contribution < -0.4 is 5.56 Å². The summed E-state index contributed by atoms with van der Waals surface area (Å²) in [6, 6.07) is 7.27. The molecule has 0 unspecified atom stereocenters. The lowest BCUT2D eigenvalue weighted by atomic mass is 10.5. The lowest BCUT2D eigenvalue weighted by Gasteiger charge is -1.96. The van der Waals surface area contributed by atoms with E-state index >= 15 is 0 Å². The van der Waals surface area contributed by atoms with E-state index in [2.05, 4.69) is 15.0 Å². The number of aromatic nitrogens is 4. The highest BCUT2D eigenvalue weighted by molar-refractivity contribution is 7.98. The zero-order valence-electron chi connectivity index (χ0n) is 9.41. The number of pyridine rings is 1. The summed E-state index contributed by atoms with van der Waals surface area (Å²) < 4.78 is 1.97. The van der Waals surface area contributed by atoms with Crippen LogP contribution in [0.4, 0.5) is 0 Å². The molecule has 0 atom stereocenters. The van der Waals surface area contributed by atoms with Crippen molar-refractivity contribution in [2.45, 2.75) is 10.9 Å². The van der Waals surface area contributed by atoms with Crippen molar-refractivity contribution in [2.75, 3.05) is 0 Å². The first kappa shape index (κ1) is 11.0. The molecule has 0 saturated heterocycles. The number of H-pyrrole nitrogens is 1. The molecule has 3 aromatic rings. The smallest absolute Gasteiger partial charge is 0.251 e.